The van der Waals surface area contributed by atoms with E-state index in [1.165, 1.54) is 6.20 Å². The van der Waals surface area contributed by atoms with Crippen molar-refractivity contribution in [2.45, 2.75) is 19.1 Å². The number of hydrogen-bond donors (Lipinski definition) is 3. The van der Waals surface area contributed by atoms with E-state index in [2.05, 4.69) is 14.7 Å². The zero-order valence-corrected chi connectivity index (χ0v) is 9.83. The molecule has 3 N–H and O–H groups in total. The highest BCUT2D eigenvalue weighted by molar-refractivity contribution is 5.77. The summed E-state index contributed by atoms with van der Waals surface area (Å²) in [6.07, 6.45) is 0.167. The molecule has 2 aromatic heterocycles. The van der Waals surface area contributed by atoms with Gasteiger partial charge in [0.25, 0.3) is 0 Å². The molecule has 0 radical (unpaired) electrons. The van der Waals surface area contributed by atoms with Crippen LogP contribution in [0.2, 0.25) is 0 Å². The topological polar surface area (TPSA) is 95.4 Å². The van der Waals surface area contributed by atoms with E-state index in [1.54, 1.807) is 25.3 Å². The lowest BCUT2D eigenvalue weighted by Crippen LogP contribution is -2.29. The van der Waals surface area contributed by atoms with Crippen LogP contribution in [0, 0.1) is 0 Å². The standard InChI is InChI=1S/C12H14N2O4/c1-2-18-12(17)10(16)9(15)8-5-7-3-4-13-11(7)14-6-8/h3-6,9-10,15-16H,2H2,1H3,(H,13,14). The summed E-state index contributed by atoms with van der Waals surface area (Å²) in [6.45, 7) is 1.78. The van der Waals surface area contributed by atoms with Crippen LogP contribution in [0.1, 0.15) is 18.6 Å². The summed E-state index contributed by atoms with van der Waals surface area (Å²) < 4.78 is 4.64. The number of rotatable bonds is 4. The smallest absolute Gasteiger partial charge is 0.338 e. The van der Waals surface area contributed by atoms with Gasteiger partial charge >= 0.3 is 5.97 Å². The van der Waals surface area contributed by atoms with E-state index in [0.29, 0.717) is 11.2 Å². The van der Waals surface area contributed by atoms with Crippen molar-refractivity contribution in [1.29, 1.82) is 0 Å². The maximum absolute atomic E-state index is 11.3. The van der Waals surface area contributed by atoms with Crippen LogP contribution in [-0.4, -0.2) is 38.9 Å². The number of pyridine rings is 1. The molecule has 18 heavy (non-hydrogen) atoms. The molecule has 2 heterocycles. The second-order valence-corrected chi connectivity index (χ2v) is 3.83. The summed E-state index contributed by atoms with van der Waals surface area (Å²) in [4.78, 5) is 18.3. The average Bonchev–Trinajstić information content (AvgIpc) is 2.84. The van der Waals surface area contributed by atoms with Gasteiger partial charge in [0, 0.05) is 23.3 Å². The van der Waals surface area contributed by atoms with Crippen LogP contribution in [0.3, 0.4) is 0 Å². The molecule has 0 aliphatic heterocycles. The minimum Gasteiger partial charge on any atom is -0.464 e. The van der Waals surface area contributed by atoms with Crippen LogP contribution in [0.25, 0.3) is 11.0 Å². The van der Waals surface area contributed by atoms with Crippen molar-refractivity contribution in [3.63, 3.8) is 0 Å². The Morgan fingerprint density at radius 2 is 2.33 bits per heavy atom. The van der Waals surface area contributed by atoms with Gasteiger partial charge in [-0.1, -0.05) is 0 Å². The Bertz CT molecular complexity index is 552. The van der Waals surface area contributed by atoms with Gasteiger partial charge in [0.05, 0.1) is 6.61 Å². The predicted molar refractivity (Wildman–Crippen MR) is 63.7 cm³/mol. The van der Waals surface area contributed by atoms with Crippen molar-refractivity contribution in [2.24, 2.45) is 0 Å². The number of esters is 1. The number of fused-ring (bicyclic) bond motifs is 1. The lowest BCUT2D eigenvalue weighted by Gasteiger charge is -2.16. The van der Waals surface area contributed by atoms with E-state index in [4.69, 9.17) is 0 Å². The molecular formula is C12H14N2O4. The second-order valence-electron chi connectivity index (χ2n) is 3.83. The lowest BCUT2D eigenvalue weighted by molar-refractivity contribution is -0.159. The van der Waals surface area contributed by atoms with Gasteiger partial charge in [-0.05, 0) is 19.1 Å². The Morgan fingerprint density at radius 1 is 1.56 bits per heavy atom. The number of aromatic amines is 1. The summed E-state index contributed by atoms with van der Waals surface area (Å²) >= 11 is 0. The quantitative estimate of drug-likeness (QED) is 0.687. The van der Waals surface area contributed by atoms with Crippen LogP contribution in [0.4, 0.5) is 0 Å². The Balaban J connectivity index is 2.21. The number of aromatic nitrogens is 2. The molecule has 6 heteroatoms. The largest absolute Gasteiger partial charge is 0.464 e. The molecule has 2 unspecified atom stereocenters. The summed E-state index contributed by atoms with van der Waals surface area (Å²) in [6, 6.07) is 3.45. The summed E-state index contributed by atoms with van der Waals surface area (Å²) in [7, 11) is 0. The normalized spacial score (nSPS) is 14.4. The molecule has 0 saturated carbocycles. The van der Waals surface area contributed by atoms with Crippen molar-refractivity contribution in [3.05, 3.63) is 30.1 Å². The number of nitrogens with one attached hydrogen (secondary N) is 1. The Morgan fingerprint density at radius 3 is 3.06 bits per heavy atom. The van der Waals surface area contributed by atoms with Crippen molar-refractivity contribution in [2.75, 3.05) is 6.61 Å². The van der Waals surface area contributed by atoms with Gasteiger partial charge in [0.1, 0.15) is 11.8 Å². The Labute approximate surface area is 103 Å². The fraction of sp³-hybridized carbons (Fsp3) is 0.333. The first kappa shape index (κ1) is 12.5. The van der Waals surface area contributed by atoms with Gasteiger partial charge < -0.3 is 19.9 Å². The molecule has 0 aliphatic carbocycles. The SMILES string of the molecule is CCOC(=O)C(O)C(O)c1cnc2[nH]ccc2c1. The Hall–Kier alpha value is -1.92. The monoisotopic (exact) mass is 250 g/mol. The van der Waals surface area contributed by atoms with E-state index in [1.807, 2.05) is 0 Å². The molecule has 2 rings (SSSR count). The number of H-pyrrole nitrogens is 1. The number of aliphatic hydroxyl groups excluding tert-OH is 2. The summed E-state index contributed by atoms with van der Waals surface area (Å²) in [5.41, 5.74) is 1.04. The molecule has 2 atom stereocenters. The zero-order chi connectivity index (χ0) is 13.1. The third-order valence-corrected chi connectivity index (χ3v) is 2.59. The third-order valence-electron chi connectivity index (χ3n) is 2.59. The second kappa shape index (κ2) is 5.16. The molecular weight excluding hydrogens is 236 g/mol. The maximum atomic E-state index is 11.3. The molecule has 0 fully saturated rings. The highest BCUT2D eigenvalue weighted by Gasteiger charge is 2.27. The van der Waals surface area contributed by atoms with Gasteiger partial charge in [0.2, 0.25) is 0 Å². The highest BCUT2D eigenvalue weighted by Crippen LogP contribution is 2.20. The lowest BCUT2D eigenvalue weighted by atomic mass is 10.1. The highest BCUT2D eigenvalue weighted by atomic mass is 16.5. The van der Waals surface area contributed by atoms with Crippen LogP contribution in [0.15, 0.2) is 24.5 Å². The van der Waals surface area contributed by atoms with Gasteiger partial charge in [0.15, 0.2) is 6.10 Å². The molecule has 0 aromatic carbocycles. The van der Waals surface area contributed by atoms with Crippen molar-refractivity contribution in [3.8, 4) is 0 Å². The van der Waals surface area contributed by atoms with Crippen LogP contribution in [-0.2, 0) is 9.53 Å². The third kappa shape index (κ3) is 2.34. The number of ether oxygens (including phenoxy) is 1. The first-order valence-corrected chi connectivity index (χ1v) is 5.59. The predicted octanol–water partition coefficient (Wildman–Crippen LogP) is 0.520. The molecule has 0 amide bonds. The first-order valence-electron chi connectivity index (χ1n) is 5.59. The van der Waals surface area contributed by atoms with Crippen LogP contribution >= 0.6 is 0 Å². The van der Waals surface area contributed by atoms with Crippen LogP contribution < -0.4 is 0 Å². The summed E-state index contributed by atoms with van der Waals surface area (Å²) in [5.74, 6) is -0.848. The number of carbonyl (C=O) groups is 1. The number of aliphatic hydroxyl groups is 2. The van der Waals surface area contributed by atoms with E-state index in [-0.39, 0.29) is 6.61 Å². The van der Waals surface area contributed by atoms with Gasteiger partial charge in [-0.15, -0.1) is 0 Å². The first-order chi connectivity index (χ1) is 8.63. The minimum absolute atomic E-state index is 0.151. The van der Waals surface area contributed by atoms with Gasteiger partial charge in [-0.2, -0.15) is 0 Å². The van der Waals surface area contributed by atoms with Crippen LogP contribution in [0.5, 0.6) is 0 Å². The van der Waals surface area contributed by atoms with E-state index in [9.17, 15) is 15.0 Å². The molecule has 6 nitrogen and oxygen atoms in total. The van der Waals surface area contributed by atoms with E-state index >= 15 is 0 Å². The zero-order valence-electron chi connectivity index (χ0n) is 9.83. The Kier molecular flexibility index (Phi) is 3.59. The van der Waals surface area contributed by atoms with Crippen molar-refractivity contribution >= 4 is 17.0 Å². The molecule has 0 bridgehead atoms. The molecule has 0 saturated heterocycles. The molecule has 0 spiro atoms. The van der Waals surface area contributed by atoms with Gasteiger partial charge in [-0.25, -0.2) is 9.78 Å². The summed E-state index contributed by atoms with van der Waals surface area (Å²) in [5, 5.41) is 20.3. The fourth-order valence-electron chi connectivity index (χ4n) is 1.66. The molecule has 96 valence electrons. The average molecular weight is 250 g/mol. The van der Waals surface area contributed by atoms with Gasteiger partial charge in [-0.3, -0.25) is 0 Å². The minimum atomic E-state index is -1.61. The van der Waals surface area contributed by atoms with E-state index in [0.717, 1.165) is 5.39 Å². The maximum Gasteiger partial charge on any atom is 0.338 e. The molecule has 0 aliphatic rings. The number of carbonyl (C=O) groups excluding carboxylic acids is 1. The molecule has 2 aromatic rings. The van der Waals surface area contributed by atoms with Crippen molar-refractivity contribution < 1.29 is 19.7 Å². The fourth-order valence-corrected chi connectivity index (χ4v) is 1.66. The number of hydrogen-bond acceptors (Lipinski definition) is 5. The van der Waals surface area contributed by atoms with E-state index < -0.39 is 18.2 Å². The van der Waals surface area contributed by atoms with Crippen molar-refractivity contribution in [1.82, 2.24) is 9.97 Å². The number of nitrogens with zero attached hydrogens (tertiary/aromatic N) is 1.